The zero-order chi connectivity index (χ0) is 8.97. The third-order valence-corrected chi connectivity index (χ3v) is 2.20. The largest absolute Gasteiger partial charge is 0.392 e. The number of hydrogen-bond donors (Lipinski definition) is 1. The van der Waals surface area contributed by atoms with E-state index < -0.39 is 0 Å². The first-order valence-electron chi connectivity index (χ1n) is 4.30. The predicted molar refractivity (Wildman–Crippen MR) is 53.3 cm³/mol. The fourth-order valence-electron chi connectivity index (χ4n) is 1.38. The molecular formula is C8H16N2OS. The third-order valence-electron chi connectivity index (χ3n) is 2.08. The van der Waals surface area contributed by atoms with Gasteiger partial charge in [0.1, 0.15) is 0 Å². The van der Waals surface area contributed by atoms with Crippen LogP contribution in [0.1, 0.15) is 13.3 Å². The zero-order valence-corrected chi connectivity index (χ0v) is 8.27. The van der Waals surface area contributed by atoms with Crippen LogP contribution in [-0.4, -0.2) is 42.2 Å². The lowest BCUT2D eigenvalue weighted by atomic mass is 10.3. The maximum atomic E-state index is 5.49. The Balaban J connectivity index is 2.41. The molecule has 0 aliphatic carbocycles. The molecule has 2 N–H and O–H groups in total. The molecule has 1 aliphatic heterocycles. The summed E-state index contributed by atoms with van der Waals surface area (Å²) in [6, 6.07) is 0.439. The molecule has 0 spiro atoms. The van der Waals surface area contributed by atoms with Crippen molar-refractivity contribution in [1.82, 2.24) is 4.90 Å². The van der Waals surface area contributed by atoms with E-state index in [4.69, 9.17) is 22.7 Å². The highest BCUT2D eigenvalue weighted by atomic mass is 32.1. The maximum Gasteiger partial charge on any atom is 0.0870 e. The quantitative estimate of drug-likeness (QED) is 0.636. The van der Waals surface area contributed by atoms with E-state index in [0.29, 0.717) is 11.0 Å². The van der Waals surface area contributed by atoms with Crippen LogP contribution >= 0.6 is 12.2 Å². The number of nitrogens with two attached hydrogens (primary N) is 1. The lowest BCUT2D eigenvalue weighted by Crippen LogP contribution is -2.40. The average Bonchev–Trinajstić information content (AvgIpc) is 2.16. The molecule has 1 aliphatic rings. The van der Waals surface area contributed by atoms with Gasteiger partial charge in [-0.05, 0) is 13.3 Å². The van der Waals surface area contributed by atoms with Gasteiger partial charge in [-0.3, -0.25) is 4.90 Å². The molecule has 1 heterocycles. The van der Waals surface area contributed by atoms with Crippen LogP contribution in [0.2, 0.25) is 0 Å². The minimum atomic E-state index is 0.439. The van der Waals surface area contributed by atoms with Crippen molar-refractivity contribution in [3.05, 3.63) is 0 Å². The standard InChI is InChI=1S/C8H16N2OS/c1-7-6-11-4-2-3-10(7)5-8(9)12/h7H,2-6H2,1H3,(H2,9,12). The van der Waals surface area contributed by atoms with Gasteiger partial charge < -0.3 is 10.5 Å². The Bertz CT molecular complexity index is 163. The second-order valence-electron chi connectivity index (χ2n) is 3.21. The lowest BCUT2D eigenvalue weighted by molar-refractivity contribution is 0.113. The summed E-state index contributed by atoms with van der Waals surface area (Å²) >= 11 is 4.87. The molecule has 3 nitrogen and oxygen atoms in total. The second-order valence-corrected chi connectivity index (χ2v) is 3.74. The molecule has 12 heavy (non-hydrogen) atoms. The molecule has 1 rings (SSSR count). The van der Waals surface area contributed by atoms with Crippen molar-refractivity contribution >= 4 is 17.2 Å². The van der Waals surface area contributed by atoms with Crippen LogP contribution in [0.25, 0.3) is 0 Å². The summed E-state index contributed by atoms with van der Waals surface area (Å²) in [5, 5.41) is 0. The fraction of sp³-hybridized carbons (Fsp3) is 0.875. The van der Waals surface area contributed by atoms with E-state index in [-0.39, 0.29) is 0 Å². The van der Waals surface area contributed by atoms with E-state index in [9.17, 15) is 0 Å². The van der Waals surface area contributed by atoms with Crippen molar-refractivity contribution in [3.63, 3.8) is 0 Å². The molecule has 0 bridgehead atoms. The molecule has 0 saturated carbocycles. The van der Waals surface area contributed by atoms with Crippen molar-refractivity contribution in [2.45, 2.75) is 19.4 Å². The molecule has 70 valence electrons. The second kappa shape index (κ2) is 4.74. The summed E-state index contributed by atoms with van der Waals surface area (Å²) < 4.78 is 5.39. The van der Waals surface area contributed by atoms with Crippen molar-refractivity contribution < 1.29 is 4.74 Å². The highest BCUT2D eigenvalue weighted by molar-refractivity contribution is 7.80. The van der Waals surface area contributed by atoms with E-state index in [0.717, 1.165) is 32.7 Å². The topological polar surface area (TPSA) is 38.5 Å². The van der Waals surface area contributed by atoms with Crippen LogP contribution < -0.4 is 5.73 Å². The van der Waals surface area contributed by atoms with Gasteiger partial charge in [0.05, 0.1) is 11.6 Å². The number of nitrogens with zero attached hydrogens (tertiary/aromatic N) is 1. The molecule has 0 radical (unpaired) electrons. The molecule has 0 aromatic rings. The highest BCUT2D eigenvalue weighted by Crippen LogP contribution is 2.05. The Kier molecular flexibility index (Phi) is 3.91. The Morgan fingerprint density at radius 2 is 2.50 bits per heavy atom. The molecule has 1 fully saturated rings. The Labute approximate surface area is 78.9 Å². The number of thiocarbonyl (C=S) groups is 1. The van der Waals surface area contributed by atoms with Crippen molar-refractivity contribution in [2.75, 3.05) is 26.3 Å². The Morgan fingerprint density at radius 3 is 3.17 bits per heavy atom. The predicted octanol–water partition coefficient (Wildman–Crippen LogP) is 0.383. The van der Waals surface area contributed by atoms with E-state index in [2.05, 4.69) is 11.8 Å². The van der Waals surface area contributed by atoms with Crippen LogP contribution in [0.5, 0.6) is 0 Å². The first kappa shape index (κ1) is 9.89. The van der Waals surface area contributed by atoms with Crippen LogP contribution in [0.15, 0.2) is 0 Å². The van der Waals surface area contributed by atoms with E-state index in [1.54, 1.807) is 0 Å². The van der Waals surface area contributed by atoms with E-state index >= 15 is 0 Å². The normalized spacial score (nSPS) is 26.6. The minimum absolute atomic E-state index is 0.439. The molecular weight excluding hydrogens is 172 g/mol. The molecule has 4 heteroatoms. The van der Waals surface area contributed by atoms with Crippen LogP contribution in [0.4, 0.5) is 0 Å². The van der Waals surface area contributed by atoms with Gasteiger partial charge in [0, 0.05) is 25.7 Å². The van der Waals surface area contributed by atoms with Gasteiger partial charge in [0.25, 0.3) is 0 Å². The van der Waals surface area contributed by atoms with Crippen molar-refractivity contribution in [3.8, 4) is 0 Å². The summed E-state index contributed by atoms with van der Waals surface area (Å²) in [6.07, 6.45) is 1.08. The maximum absolute atomic E-state index is 5.49. The first-order valence-corrected chi connectivity index (χ1v) is 4.71. The summed E-state index contributed by atoms with van der Waals surface area (Å²) in [5.74, 6) is 0. The van der Waals surface area contributed by atoms with Crippen molar-refractivity contribution in [2.24, 2.45) is 5.73 Å². The first-order chi connectivity index (χ1) is 5.70. The SMILES string of the molecule is CC1COCCCN1CC(N)=S. The molecule has 0 aromatic carbocycles. The van der Waals surface area contributed by atoms with E-state index in [1.165, 1.54) is 0 Å². The molecule has 1 saturated heterocycles. The molecule has 1 atom stereocenters. The fourth-order valence-corrected chi connectivity index (χ4v) is 1.55. The third kappa shape index (κ3) is 3.05. The number of rotatable bonds is 2. The van der Waals surface area contributed by atoms with Gasteiger partial charge in [-0.1, -0.05) is 12.2 Å². The number of ether oxygens (including phenoxy) is 1. The van der Waals surface area contributed by atoms with Gasteiger partial charge >= 0.3 is 0 Å². The van der Waals surface area contributed by atoms with Crippen LogP contribution in [-0.2, 0) is 4.74 Å². The minimum Gasteiger partial charge on any atom is -0.392 e. The van der Waals surface area contributed by atoms with Gasteiger partial charge in [0.2, 0.25) is 0 Å². The van der Waals surface area contributed by atoms with Crippen molar-refractivity contribution in [1.29, 1.82) is 0 Å². The zero-order valence-electron chi connectivity index (χ0n) is 7.45. The van der Waals surface area contributed by atoms with Crippen LogP contribution in [0, 0.1) is 0 Å². The van der Waals surface area contributed by atoms with Crippen LogP contribution in [0.3, 0.4) is 0 Å². The smallest absolute Gasteiger partial charge is 0.0870 e. The number of hydrogen-bond acceptors (Lipinski definition) is 3. The van der Waals surface area contributed by atoms with Gasteiger partial charge in [-0.2, -0.15) is 0 Å². The average molecular weight is 188 g/mol. The summed E-state index contributed by atoms with van der Waals surface area (Å²) in [5.41, 5.74) is 5.49. The van der Waals surface area contributed by atoms with Gasteiger partial charge in [0.15, 0.2) is 0 Å². The van der Waals surface area contributed by atoms with Gasteiger partial charge in [-0.25, -0.2) is 0 Å². The molecule has 0 aromatic heterocycles. The molecule has 1 unspecified atom stereocenters. The molecule has 0 amide bonds. The highest BCUT2D eigenvalue weighted by Gasteiger charge is 2.16. The Morgan fingerprint density at radius 1 is 1.75 bits per heavy atom. The summed E-state index contributed by atoms with van der Waals surface area (Å²) in [4.78, 5) is 2.85. The Hall–Kier alpha value is -0.190. The van der Waals surface area contributed by atoms with E-state index in [1.807, 2.05) is 0 Å². The summed E-state index contributed by atoms with van der Waals surface area (Å²) in [7, 11) is 0. The van der Waals surface area contributed by atoms with Gasteiger partial charge in [-0.15, -0.1) is 0 Å². The summed E-state index contributed by atoms with van der Waals surface area (Å²) in [6.45, 7) is 5.56. The monoisotopic (exact) mass is 188 g/mol. The lowest BCUT2D eigenvalue weighted by Gasteiger charge is -2.25.